The molecule has 0 atom stereocenters. The highest BCUT2D eigenvalue weighted by Gasteiger charge is 2.16. The van der Waals surface area contributed by atoms with E-state index in [2.05, 4.69) is 15.9 Å². The monoisotopic (exact) mass is 297 g/mol. The van der Waals surface area contributed by atoms with Crippen molar-refractivity contribution in [3.05, 3.63) is 27.7 Å². The summed E-state index contributed by atoms with van der Waals surface area (Å²) in [7, 11) is 1.47. The Morgan fingerprint density at radius 1 is 1.53 bits per heavy atom. The van der Waals surface area contributed by atoms with E-state index in [1.54, 1.807) is 19.1 Å². The van der Waals surface area contributed by atoms with Crippen LogP contribution in [0.3, 0.4) is 0 Å². The largest absolute Gasteiger partial charge is 0.495 e. The second-order valence-electron chi connectivity index (χ2n) is 3.20. The molecule has 1 rings (SSSR count). The molecule has 5 heteroatoms. The van der Waals surface area contributed by atoms with Gasteiger partial charge in [0.05, 0.1) is 25.7 Å². The predicted octanol–water partition coefficient (Wildman–Crippen LogP) is 2.43. The molecule has 0 aliphatic rings. The third-order valence-electron chi connectivity index (χ3n) is 2.15. The molecule has 0 aromatic heterocycles. The number of carbonyl (C=O) groups excluding carboxylic acids is 1. The number of esters is 1. The van der Waals surface area contributed by atoms with Gasteiger partial charge >= 0.3 is 5.97 Å². The maximum absolute atomic E-state index is 11.5. The van der Waals surface area contributed by atoms with E-state index in [0.29, 0.717) is 23.5 Å². The van der Waals surface area contributed by atoms with Gasteiger partial charge in [0.25, 0.3) is 0 Å². The number of halogens is 1. The third-order valence-corrected chi connectivity index (χ3v) is 2.90. The normalized spacial score (nSPS) is 9.53. The smallest absolute Gasteiger partial charge is 0.310 e. The van der Waals surface area contributed by atoms with Crippen molar-refractivity contribution >= 4 is 21.9 Å². The molecular weight excluding hydrogens is 286 g/mol. The number of rotatable bonds is 4. The van der Waals surface area contributed by atoms with Gasteiger partial charge in [0.1, 0.15) is 11.8 Å². The zero-order chi connectivity index (χ0) is 12.8. The summed E-state index contributed by atoms with van der Waals surface area (Å²) in [5.74, 6) is 0.0662. The fraction of sp³-hybridized carbons (Fsp3) is 0.333. The van der Waals surface area contributed by atoms with Crippen molar-refractivity contribution in [1.82, 2.24) is 0 Å². The molecule has 1 aromatic rings. The average Bonchev–Trinajstić information content (AvgIpc) is 2.31. The second-order valence-corrected chi connectivity index (χ2v) is 4.05. The molecule has 0 aliphatic carbocycles. The highest BCUT2D eigenvalue weighted by atomic mass is 79.9. The number of nitriles is 1. The third kappa shape index (κ3) is 3.21. The van der Waals surface area contributed by atoms with Gasteiger partial charge in [-0.15, -0.1) is 0 Å². The number of carbonyl (C=O) groups is 1. The molecule has 0 saturated carbocycles. The van der Waals surface area contributed by atoms with Gasteiger partial charge in [-0.05, 0) is 19.1 Å². The van der Waals surface area contributed by atoms with E-state index in [9.17, 15) is 4.79 Å². The van der Waals surface area contributed by atoms with Gasteiger partial charge in [0.15, 0.2) is 0 Å². The summed E-state index contributed by atoms with van der Waals surface area (Å²) in [5.41, 5.74) is 1.03. The minimum absolute atomic E-state index is 0.0765. The molecule has 0 unspecified atom stereocenters. The first-order chi connectivity index (χ1) is 8.13. The van der Waals surface area contributed by atoms with Crippen LogP contribution in [0.25, 0.3) is 0 Å². The molecule has 0 radical (unpaired) electrons. The number of ether oxygens (including phenoxy) is 2. The van der Waals surface area contributed by atoms with Gasteiger partial charge in [0.2, 0.25) is 0 Å². The van der Waals surface area contributed by atoms with Gasteiger partial charge < -0.3 is 9.47 Å². The van der Waals surface area contributed by atoms with Crippen molar-refractivity contribution in [2.24, 2.45) is 0 Å². The summed E-state index contributed by atoms with van der Waals surface area (Å²) in [5, 5.41) is 8.94. The van der Waals surface area contributed by atoms with Crippen LogP contribution in [0.1, 0.15) is 18.1 Å². The maximum atomic E-state index is 11.5. The van der Waals surface area contributed by atoms with Crippen LogP contribution in [0.4, 0.5) is 0 Å². The molecule has 0 fully saturated rings. The Kier molecular flexibility index (Phi) is 4.98. The van der Waals surface area contributed by atoms with Gasteiger partial charge in [-0.1, -0.05) is 15.9 Å². The summed E-state index contributed by atoms with van der Waals surface area (Å²) in [4.78, 5) is 11.5. The fourth-order valence-corrected chi connectivity index (χ4v) is 1.90. The molecule has 4 nitrogen and oxygen atoms in total. The fourth-order valence-electron chi connectivity index (χ4n) is 1.45. The van der Waals surface area contributed by atoms with Crippen molar-refractivity contribution in [1.29, 1.82) is 5.26 Å². The van der Waals surface area contributed by atoms with Crippen LogP contribution in [-0.4, -0.2) is 19.7 Å². The van der Waals surface area contributed by atoms with Gasteiger partial charge in [0, 0.05) is 10.0 Å². The van der Waals surface area contributed by atoms with E-state index in [1.165, 1.54) is 7.11 Å². The van der Waals surface area contributed by atoms with Crippen LogP contribution in [0.15, 0.2) is 16.6 Å². The highest BCUT2D eigenvalue weighted by Crippen LogP contribution is 2.31. The van der Waals surface area contributed by atoms with Crippen LogP contribution in [0.5, 0.6) is 5.75 Å². The molecule has 0 heterocycles. The second kappa shape index (κ2) is 6.26. The molecule has 0 N–H and O–H groups in total. The van der Waals surface area contributed by atoms with Crippen LogP contribution >= 0.6 is 15.9 Å². The molecule has 17 heavy (non-hydrogen) atoms. The molecule has 90 valence electrons. The van der Waals surface area contributed by atoms with Crippen molar-refractivity contribution in [3.63, 3.8) is 0 Å². The number of benzene rings is 1. The van der Waals surface area contributed by atoms with Gasteiger partial charge in [-0.25, -0.2) is 0 Å². The van der Waals surface area contributed by atoms with E-state index >= 15 is 0 Å². The Hall–Kier alpha value is -1.54. The number of methoxy groups -OCH3 is 1. The summed E-state index contributed by atoms with van der Waals surface area (Å²) < 4.78 is 10.8. The molecule has 0 bridgehead atoms. The van der Waals surface area contributed by atoms with E-state index in [0.717, 1.165) is 4.47 Å². The maximum Gasteiger partial charge on any atom is 0.310 e. The predicted molar refractivity (Wildman–Crippen MR) is 65.7 cm³/mol. The van der Waals surface area contributed by atoms with Crippen molar-refractivity contribution in [2.75, 3.05) is 13.7 Å². The van der Waals surface area contributed by atoms with Crippen LogP contribution in [-0.2, 0) is 16.0 Å². The lowest BCUT2D eigenvalue weighted by Crippen LogP contribution is -2.09. The number of hydrogen-bond donors (Lipinski definition) is 0. The Morgan fingerprint density at radius 3 is 2.76 bits per heavy atom. The Labute approximate surface area is 108 Å². The van der Waals surface area contributed by atoms with Gasteiger partial charge in [-0.2, -0.15) is 5.26 Å². The Morgan fingerprint density at radius 2 is 2.24 bits per heavy atom. The molecular formula is C12H12BrNO3. The van der Waals surface area contributed by atoms with Gasteiger partial charge in [-0.3, -0.25) is 4.79 Å². The van der Waals surface area contributed by atoms with Crippen molar-refractivity contribution in [3.8, 4) is 11.8 Å². The topological polar surface area (TPSA) is 59.3 Å². The van der Waals surface area contributed by atoms with E-state index < -0.39 is 0 Å². The summed E-state index contributed by atoms with van der Waals surface area (Å²) in [6, 6.07) is 5.38. The lowest BCUT2D eigenvalue weighted by molar-refractivity contribution is -0.142. The number of nitrogens with zero attached hydrogens (tertiary/aromatic N) is 1. The summed E-state index contributed by atoms with van der Waals surface area (Å²) in [6.07, 6.45) is 0.0765. The molecule has 1 aromatic carbocycles. The number of hydrogen-bond acceptors (Lipinski definition) is 4. The average molecular weight is 298 g/mol. The van der Waals surface area contributed by atoms with E-state index in [1.807, 2.05) is 6.07 Å². The summed E-state index contributed by atoms with van der Waals surface area (Å²) >= 11 is 3.33. The Balaban J connectivity index is 3.13. The standard InChI is InChI=1S/C12H12BrNO3/c1-3-17-11(15)6-9-10(13)5-4-8(7-14)12(9)16-2/h4-5H,3,6H2,1-2H3. The van der Waals surface area contributed by atoms with Crippen LogP contribution in [0.2, 0.25) is 0 Å². The SMILES string of the molecule is CCOC(=O)Cc1c(Br)ccc(C#N)c1OC. The van der Waals surface area contributed by atoms with Crippen LogP contribution < -0.4 is 4.74 Å². The lowest BCUT2D eigenvalue weighted by Gasteiger charge is -2.11. The van der Waals surface area contributed by atoms with E-state index in [-0.39, 0.29) is 12.4 Å². The molecule has 0 aliphatic heterocycles. The minimum Gasteiger partial charge on any atom is -0.495 e. The van der Waals surface area contributed by atoms with Crippen LogP contribution in [0, 0.1) is 11.3 Å². The van der Waals surface area contributed by atoms with Crippen molar-refractivity contribution < 1.29 is 14.3 Å². The lowest BCUT2D eigenvalue weighted by atomic mass is 10.1. The quantitative estimate of drug-likeness (QED) is 0.801. The molecule has 0 amide bonds. The zero-order valence-electron chi connectivity index (χ0n) is 9.62. The first-order valence-corrected chi connectivity index (χ1v) is 5.84. The van der Waals surface area contributed by atoms with E-state index in [4.69, 9.17) is 14.7 Å². The highest BCUT2D eigenvalue weighted by molar-refractivity contribution is 9.10. The first kappa shape index (κ1) is 13.5. The first-order valence-electron chi connectivity index (χ1n) is 5.05. The zero-order valence-corrected chi connectivity index (χ0v) is 11.2. The summed E-state index contributed by atoms with van der Waals surface area (Å²) in [6.45, 7) is 2.08. The molecule has 0 spiro atoms. The molecule has 0 saturated heterocycles. The minimum atomic E-state index is -0.346. The van der Waals surface area contributed by atoms with Crippen molar-refractivity contribution in [2.45, 2.75) is 13.3 Å². The Bertz CT molecular complexity index is 466.